The second kappa shape index (κ2) is 10.9. The Morgan fingerprint density at radius 2 is 1.71 bits per heavy atom. The van der Waals surface area contributed by atoms with Crippen molar-refractivity contribution in [1.29, 1.82) is 0 Å². The lowest BCUT2D eigenvalue weighted by Crippen LogP contribution is -2.22. The highest BCUT2D eigenvalue weighted by atomic mass is 127. The maximum Gasteiger partial charge on any atom is 0.280 e. The molecule has 5 nitrogen and oxygen atoms in total. The topological polar surface area (TPSA) is 45.1 Å². The standard InChI is InChI=1S/C28H28IN3O2/c1-4-31(5-2)25-16-13-22(27(18-25)34-19-21-11-14-23(29)15-12-21)17-26-20(3)30-32(28(26)33)24-9-7-6-8-10-24/h6-18H,4-5,19H2,1-3H3/b26-17-. The summed E-state index contributed by atoms with van der Waals surface area (Å²) in [6.45, 7) is 8.41. The van der Waals surface area contributed by atoms with E-state index in [4.69, 9.17) is 4.74 Å². The van der Waals surface area contributed by atoms with Crippen molar-refractivity contribution in [2.75, 3.05) is 23.0 Å². The van der Waals surface area contributed by atoms with Crippen molar-refractivity contribution in [3.63, 3.8) is 0 Å². The Bertz CT molecular complexity index is 1220. The van der Waals surface area contributed by atoms with E-state index in [1.807, 2.05) is 49.4 Å². The predicted octanol–water partition coefficient (Wildman–Crippen LogP) is 6.52. The van der Waals surface area contributed by atoms with Crippen molar-refractivity contribution in [3.8, 4) is 5.75 Å². The number of ether oxygens (including phenoxy) is 1. The minimum absolute atomic E-state index is 0.139. The normalized spacial score (nSPS) is 14.5. The molecule has 3 aromatic carbocycles. The first-order valence-electron chi connectivity index (χ1n) is 11.4. The molecule has 1 amide bonds. The van der Waals surface area contributed by atoms with Gasteiger partial charge < -0.3 is 9.64 Å². The van der Waals surface area contributed by atoms with Crippen molar-refractivity contribution in [3.05, 3.63) is 93.1 Å². The molecule has 4 rings (SSSR count). The summed E-state index contributed by atoms with van der Waals surface area (Å²) in [6, 6.07) is 23.9. The van der Waals surface area contributed by atoms with Gasteiger partial charge in [0.15, 0.2) is 0 Å². The summed E-state index contributed by atoms with van der Waals surface area (Å²) in [5.41, 5.74) is 5.05. The zero-order valence-electron chi connectivity index (χ0n) is 19.7. The molecule has 174 valence electrons. The summed E-state index contributed by atoms with van der Waals surface area (Å²) < 4.78 is 7.48. The highest BCUT2D eigenvalue weighted by molar-refractivity contribution is 14.1. The molecule has 0 radical (unpaired) electrons. The van der Waals surface area contributed by atoms with Crippen molar-refractivity contribution in [2.45, 2.75) is 27.4 Å². The molecule has 6 heteroatoms. The predicted molar refractivity (Wildman–Crippen MR) is 149 cm³/mol. The summed E-state index contributed by atoms with van der Waals surface area (Å²) in [5.74, 6) is 0.606. The zero-order chi connectivity index (χ0) is 24.1. The second-order valence-electron chi connectivity index (χ2n) is 8.01. The lowest BCUT2D eigenvalue weighted by Gasteiger charge is -2.22. The van der Waals surface area contributed by atoms with Crippen LogP contribution in [0, 0.1) is 3.57 Å². The number of benzene rings is 3. The van der Waals surface area contributed by atoms with Gasteiger partial charge in [-0.05, 0) is 91.4 Å². The molecular formula is C28H28IN3O2. The van der Waals surface area contributed by atoms with Crippen molar-refractivity contribution < 1.29 is 9.53 Å². The summed E-state index contributed by atoms with van der Waals surface area (Å²) in [7, 11) is 0. The molecule has 0 N–H and O–H groups in total. The zero-order valence-corrected chi connectivity index (χ0v) is 21.8. The molecule has 0 aromatic heterocycles. The van der Waals surface area contributed by atoms with Gasteiger partial charge in [0.2, 0.25) is 0 Å². The number of rotatable bonds is 8. The number of hydrogen-bond donors (Lipinski definition) is 0. The molecule has 1 aliphatic heterocycles. The van der Waals surface area contributed by atoms with Gasteiger partial charge in [0.05, 0.1) is 17.0 Å². The van der Waals surface area contributed by atoms with Crippen LogP contribution in [-0.4, -0.2) is 24.7 Å². The molecule has 0 saturated carbocycles. The van der Waals surface area contributed by atoms with E-state index >= 15 is 0 Å². The minimum Gasteiger partial charge on any atom is -0.488 e. The van der Waals surface area contributed by atoms with Crippen LogP contribution in [0.4, 0.5) is 11.4 Å². The Hall–Kier alpha value is -3.13. The average Bonchev–Trinajstić information content (AvgIpc) is 3.14. The van der Waals surface area contributed by atoms with Crippen LogP contribution in [0.5, 0.6) is 5.75 Å². The van der Waals surface area contributed by atoms with Gasteiger partial charge >= 0.3 is 0 Å². The number of anilines is 2. The maximum atomic E-state index is 13.2. The minimum atomic E-state index is -0.139. The van der Waals surface area contributed by atoms with Gasteiger partial charge in [0.1, 0.15) is 12.4 Å². The highest BCUT2D eigenvalue weighted by Gasteiger charge is 2.29. The van der Waals surface area contributed by atoms with E-state index in [0.29, 0.717) is 17.9 Å². The van der Waals surface area contributed by atoms with Crippen molar-refractivity contribution >= 4 is 51.7 Å². The van der Waals surface area contributed by atoms with Gasteiger partial charge in [-0.1, -0.05) is 30.3 Å². The smallest absolute Gasteiger partial charge is 0.280 e. The van der Waals surface area contributed by atoms with Crippen molar-refractivity contribution in [1.82, 2.24) is 0 Å². The molecule has 0 saturated heterocycles. The van der Waals surface area contributed by atoms with E-state index in [1.54, 1.807) is 0 Å². The quantitative estimate of drug-likeness (QED) is 0.231. The van der Waals surface area contributed by atoms with Gasteiger partial charge in [-0.15, -0.1) is 0 Å². The third-order valence-corrected chi connectivity index (χ3v) is 6.52. The van der Waals surface area contributed by atoms with Crippen LogP contribution < -0.4 is 14.6 Å². The van der Waals surface area contributed by atoms with E-state index < -0.39 is 0 Å². The molecule has 0 aliphatic carbocycles. The number of carbonyl (C=O) groups excluding carboxylic acids is 1. The summed E-state index contributed by atoms with van der Waals surface area (Å²) in [4.78, 5) is 15.5. The fraction of sp³-hybridized carbons (Fsp3) is 0.214. The number of hydrazone groups is 1. The number of nitrogens with zero attached hydrogens (tertiary/aromatic N) is 3. The first kappa shape index (κ1) is 24.0. The fourth-order valence-electron chi connectivity index (χ4n) is 3.88. The Morgan fingerprint density at radius 1 is 1.00 bits per heavy atom. The fourth-order valence-corrected chi connectivity index (χ4v) is 4.24. The van der Waals surface area contributed by atoms with E-state index in [1.165, 1.54) is 8.58 Å². The Labute approximate surface area is 214 Å². The number of amides is 1. The van der Waals surface area contributed by atoms with E-state index in [2.05, 4.69) is 82.8 Å². The molecular weight excluding hydrogens is 537 g/mol. The lowest BCUT2D eigenvalue weighted by molar-refractivity contribution is -0.114. The van der Waals surface area contributed by atoms with Gasteiger partial charge in [0.25, 0.3) is 5.91 Å². The van der Waals surface area contributed by atoms with Crippen LogP contribution in [-0.2, 0) is 11.4 Å². The molecule has 0 bridgehead atoms. The van der Waals surface area contributed by atoms with E-state index in [0.717, 1.165) is 41.3 Å². The number of carbonyl (C=O) groups is 1. The lowest BCUT2D eigenvalue weighted by atomic mass is 10.1. The van der Waals surface area contributed by atoms with Crippen LogP contribution in [0.15, 0.2) is 83.5 Å². The molecule has 34 heavy (non-hydrogen) atoms. The van der Waals surface area contributed by atoms with Gasteiger partial charge in [0, 0.05) is 34.0 Å². The summed E-state index contributed by atoms with van der Waals surface area (Å²) in [5, 5.41) is 5.96. The molecule has 0 atom stereocenters. The van der Waals surface area contributed by atoms with Crippen LogP contribution in [0.2, 0.25) is 0 Å². The third kappa shape index (κ3) is 5.33. The molecule has 3 aromatic rings. The monoisotopic (exact) mass is 565 g/mol. The Kier molecular flexibility index (Phi) is 7.67. The van der Waals surface area contributed by atoms with Gasteiger partial charge in [-0.2, -0.15) is 10.1 Å². The van der Waals surface area contributed by atoms with Crippen LogP contribution in [0.1, 0.15) is 31.9 Å². The van der Waals surface area contributed by atoms with E-state index in [-0.39, 0.29) is 5.91 Å². The Morgan fingerprint density at radius 3 is 2.38 bits per heavy atom. The summed E-state index contributed by atoms with van der Waals surface area (Å²) >= 11 is 2.30. The first-order valence-corrected chi connectivity index (χ1v) is 12.5. The molecule has 1 heterocycles. The SMILES string of the molecule is CCN(CC)c1ccc(/C=C2\C(=O)N(c3ccccc3)N=C2C)c(OCc2ccc(I)cc2)c1. The van der Waals surface area contributed by atoms with E-state index in [9.17, 15) is 4.79 Å². The largest absolute Gasteiger partial charge is 0.488 e. The maximum absolute atomic E-state index is 13.2. The Balaban J connectivity index is 1.67. The third-order valence-electron chi connectivity index (χ3n) is 5.80. The van der Waals surface area contributed by atoms with Gasteiger partial charge in [-0.3, -0.25) is 4.79 Å². The molecule has 0 unspecified atom stereocenters. The highest BCUT2D eigenvalue weighted by Crippen LogP contribution is 2.31. The van der Waals surface area contributed by atoms with Crippen molar-refractivity contribution in [2.24, 2.45) is 5.10 Å². The summed E-state index contributed by atoms with van der Waals surface area (Å²) in [6.07, 6.45) is 1.89. The van der Waals surface area contributed by atoms with Crippen LogP contribution >= 0.6 is 22.6 Å². The molecule has 1 aliphatic rings. The first-order chi connectivity index (χ1) is 16.5. The molecule has 0 spiro atoms. The average molecular weight is 565 g/mol. The van der Waals surface area contributed by atoms with Crippen LogP contribution in [0.25, 0.3) is 6.08 Å². The number of para-hydroxylation sites is 1. The van der Waals surface area contributed by atoms with Crippen LogP contribution in [0.3, 0.4) is 0 Å². The number of halogens is 1. The second-order valence-corrected chi connectivity index (χ2v) is 9.25. The number of hydrogen-bond acceptors (Lipinski definition) is 4. The molecule has 0 fully saturated rings. The van der Waals surface area contributed by atoms with Gasteiger partial charge in [-0.25, -0.2) is 0 Å².